The Kier molecular flexibility index (Phi) is 6.03. The Hall–Kier alpha value is -1.10. The second kappa shape index (κ2) is 7.78. The minimum Gasteiger partial charge on any atom is -0.340 e. The van der Waals surface area contributed by atoms with Crippen molar-refractivity contribution in [2.75, 3.05) is 39.3 Å². The Balaban J connectivity index is 1.83. The summed E-state index contributed by atoms with van der Waals surface area (Å²) in [6, 6.07) is 0.344. The summed E-state index contributed by atoms with van der Waals surface area (Å²) >= 11 is 0. The van der Waals surface area contributed by atoms with E-state index in [1.165, 1.54) is 6.42 Å². The van der Waals surface area contributed by atoms with Gasteiger partial charge in [-0.15, -0.1) is 0 Å². The zero-order chi connectivity index (χ0) is 15.2. The maximum Gasteiger partial charge on any atom is 0.232 e. The number of hydrogen-bond acceptors (Lipinski definition) is 3. The van der Waals surface area contributed by atoms with Gasteiger partial charge in [-0.05, 0) is 32.2 Å². The Labute approximate surface area is 128 Å². The van der Waals surface area contributed by atoms with Gasteiger partial charge in [0.05, 0.1) is 0 Å². The molecule has 2 aliphatic rings. The van der Waals surface area contributed by atoms with Crippen LogP contribution in [0.4, 0.5) is 0 Å². The van der Waals surface area contributed by atoms with Crippen molar-refractivity contribution in [1.29, 1.82) is 0 Å². The first-order valence-electron chi connectivity index (χ1n) is 8.45. The lowest BCUT2D eigenvalue weighted by atomic mass is 9.99. The van der Waals surface area contributed by atoms with Crippen molar-refractivity contribution in [1.82, 2.24) is 14.7 Å². The monoisotopic (exact) mass is 295 g/mol. The van der Waals surface area contributed by atoms with E-state index in [1.807, 2.05) is 9.80 Å². The van der Waals surface area contributed by atoms with Gasteiger partial charge in [-0.25, -0.2) is 0 Å². The molecule has 0 aromatic heterocycles. The van der Waals surface area contributed by atoms with Gasteiger partial charge in [0.2, 0.25) is 11.8 Å². The van der Waals surface area contributed by atoms with Crippen LogP contribution < -0.4 is 0 Å². The van der Waals surface area contributed by atoms with Gasteiger partial charge in [-0.3, -0.25) is 9.59 Å². The summed E-state index contributed by atoms with van der Waals surface area (Å²) in [5, 5.41) is 0. The molecule has 2 fully saturated rings. The standard InChI is InChI=1S/C16H29N3O2/c1-3-14-7-5-6-8-19(14)16(21)13-15(20)18-11-9-17(4-2)10-12-18/h14H,3-13H2,1-2H3. The van der Waals surface area contributed by atoms with Crippen LogP contribution in [0.15, 0.2) is 0 Å². The highest BCUT2D eigenvalue weighted by atomic mass is 16.2. The predicted molar refractivity (Wildman–Crippen MR) is 83.0 cm³/mol. The summed E-state index contributed by atoms with van der Waals surface area (Å²) in [6.07, 6.45) is 4.42. The molecular formula is C16H29N3O2. The molecule has 2 heterocycles. The highest BCUT2D eigenvalue weighted by Crippen LogP contribution is 2.20. The highest BCUT2D eigenvalue weighted by Gasteiger charge is 2.28. The second-order valence-electron chi connectivity index (χ2n) is 6.14. The third kappa shape index (κ3) is 4.19. The molecule has 0 spiro atoms. The number of carbonyl (C=O) groups excluding carboxylic acids is 2. The third-order valence-corrected chi connectivity index (χ3v) is 4.89. The third-order valence-electron chi connectivity index (χ3n) is 4.89. The topological polar surface area (TPSA) is 43.9 Å². The minimum atomic E-state index is 0.0104. The van der Waals surface area contributed by atoms with E-state index in [1.54, 1.807) is 0 Å². The molecule has 2 rings (SSSR count). The molecule has 0 N–H and O–H groups in total. The predicted octanol–water partition coefficient (Wildman–Crippen LogP) is 1.33. The van der Waals surface area contributed by atoms with Crippen LogP contribution >= 0.6 is 0 Å². The van der Waals surface area contributed by atoms with Gasteiger partial charge in [-0.2, -0.15) is 0 Å². The molecule has 2 saturated heterocycles. The van der Waals surface area contributed by atoms with Gasteiger partial charge in [0, 0.05) is 38.8 Å². The lowest BCUT2D eigenvalue weighted by Gasteiger charge is -2.37. The smallest absolute Gasteiger partial charge is 0.232 e. The molecule has 2 aliphatic heterocycles. The van der Waals surface area contributed by atoms with Crippen molar-refractivity contribution < 1.29 is 9.59 Å². The fourth-order valence-electron chi connectivity index (χ4n) is 3.41. The number of piperidine rings is 1. The van der Waals surface area contributed by atoms with Crippen LogP contribution in [0.1, 0.15) is 46.0 Å². The van der Waals surface area contributed by atoms with Gasteiger partial charge < -0.3 is 14.7 Å². The van der Waals surface area contributed by atoms with E-state index in [0.717, 1.165) is 58.5 Å². The van der Waals surface area contributed by atoms with Crippen molar-refractivity contribution >= 4 is 11.8 Å². The lowest BCUT2D eigenvalue weighted by Crippen LogP contribution is -2.50. The lowest BCUT2D eigenvalue weighted by molar-refractivity contribution is -0.143. The number of hydrogen-bond donors (Lipinski definition) is 0. The van der Waals surface area contributed by atoms with E-state index in [2.05, 4.69) is 18.7 Å². The van der Waals surface area contributed by atoms with Crippen LogP contribution in [0.3, 0.4) is 0 Å². The molecule has 0 bridgehead atoms. The summed E-state index contributed by atoms with van der Waals surface area (Å²) in [5.41, 5.74) is 0. The van der Waals surface area contributed by atoms with Crippen LogP contribution in [-0.2, 0) is 9.59 Å². The molecule has 1 unspecified atom stereocenters. The van der Waals surface area contributed by atoms with Crippen molar-refractivity contribution in [3.63, 3.8) is 0 Å². The van der Waals surface area contributed by atoms with Gasteiger partial charge in [0.25, 0.3) is 0 Å². The maximum absolute atomic E-state index is 12.4. The van der Waals surface area contributed by atoms with Crippen LogP contribution in [0.2, 0.25) is 0 Å². The minimum absolute atomic E-state index is 0.0104. The maximum atomic E-state index is 12.4. The van der Waals surface area contributed by atoms with E-state index in [4.69, 9.17) is 0 Å². The fraction of sp³-hybridized carbons (Fsp3) is 0.875. The molecule has 5 heteroatoms. The molecule has 120 valence electrons. The zero-order valence-electron chi connectivity index (χ0n) is 13.5. The molecule has 0 aromatic rings. The van der Waals surface area contributed by atoms with Crippen LogP contribution in [-0.4, -0.2) is 71.8 Å². The first-order valence-corrected chi connectivity index (χ1v) is 8.45. The van der Waals surface area contributed by atoms with Gasteiger partial charge in [0.1, 0.15) is 6.42 Å². The molecule has 21 heavy (non-hydrogen) atoms. The van der Waals surface area contributed by atoms with Crippen molar-refractivity contribution in [2.45, 2.75) is 52.0 Å². The van der Waals surface area contributed by atoms with Gasteiger partial charge in [0.15, 0.2) is 0 Å². The molecule has 0 aliphatic carbocycles. The number of amides is 2. The zero-order valence-corrected chi connectivity index (χ0v) is 13.5. The summed E-state index contributed by atoms with van der Waals surface area (Å²) in [6.45, 7) is 9.51. The van der Waals surface area contributed by atoms with Gasteiger partial charge in [-0.1, -0.05) is 13.8 Å². The average molecular weight is 295 g/mol. The Morgan fingerprint density at radius 1 is 0.952 bits per heavy atom. The molecule has 0 radical (unpaired) electrons. The van der Waals surface area contributed by atoms with Crippen LogP contribution in [0.5, 0.6) is 0 Å². The summed E-state index contributed by atoms with van der Waals surface area (Å²) < 4.78 is 0. The van der Waals surface area contributed by atoms with Gasteiger partial charge >= 0.3 is 0 Å². The van der Waals surface area contributed by atoms with Crippen LogP contribution in [0, 0.1) is 0 Å². The molecule has 0 aromatic carbocycles. The Bertz CT molecular complexity index is 365. The van der Waals surface area contributed by atoms with E-state index in [-0.39, 0.29) is 18.2 Å². The summed E-state index contributed by atoms with van der Waals surface area (Å²) in [5.74, 6) is 0.0423. The Morgan fingerprint density at radius 2 is 1.67 bits per heavy atom. The normalized spacial score (nSPS) is 24.2. The molecule has 1 atom stereocenters. The van der Waals surface area contributed by atoms with Crippen molar-refractivity contribution in [3.05, 3.63) is 0 Å². The van der Waals surface area contributed by atoms with Crippen LogP contribution in [0.25, 0.3) is 0 Å². The molecule has 0 saturated carbocycles. The van der Waals surface area contributed by atoms with E-state index in [9.17, 15) is 9.59 Å². The molecular weight excluding hydrogens is 266 g/mol. The highest BCUT2D eigenvalue weighted by molar-refractivity contribution is 5.97. The molecule has 5 nitrogen and oxygen atoms in total. The largest absolute Gasteiger partial charge is 0.340 e. The second-order valence-corrected chi connectivity index (χ2v) is 6.14. The number of rotatable bonds is 4. The first-order chi connectivity index (χ1) is 10.2. The number of piperazine rings is 1. The number of likely N-dealkylation sites (tertiary alicyclic amines) is 1. The Morgan fingerprint density at radius 3 is 2.29 bits per heavy atom. The average Bonchev–Trinajstić information content (AvgIpc) is 2.54. The first kappa shape index (κ1) is 16.3. The summed E-state index contributed by atoms with van der Waals surface area (Å²) in [4.78, 5) is 30.9. The molecule has 2 amide bonds. The summed E-state index contributed by atoms with van der Waals surface area (Å²) in [7, 11) is 0. The number of nitrogens with zero attached hydrogens (tertiary/aromatic N) is 3. The van der Waals surface area contributed by atoms with Crippen molar-refractivity contribution in [2.24, 2.45) is 0 Å². The quantitative estimate of drug-likeness (QED) is 0.735. The fourth-order valence-corrected chi connectivity index (χ4v) is 3.41. The van der Waals surface area contributed by atoms with E-state index >= 15 is 0 Å². The number of carbonyl (C=O) groups is 2. The van der Waals surface area contributed by atoms with E-state index < -0.39 is 0 Å². The number of likely N-dealkylation sites (N-methyl/N-ethyl adjacent to an activating group) is 1. The SMILES string of the molecule is CCC1CCCCN1C(=O)CC(=O)N1CCN(CC)CC1. The van der Waals surface area contributed by atoms with E-state index in [0.29, 0.717) is 6.04 Å². The van der Waals surface area contributed by atoms with Crippen molar-refractivity contribution in [3.8, 4) is 0 Å².